The van der Waals surface area contributed by atoms with E-state index in [0.717, 1.165) is 0 Å². The van der Waals surface area contributed by atoms with Gasteiger partial charge in [0.15, 0.2) is 9.84 Å². The molecule has 0 spiro atoms. The summed E-state index contributed by atoms with van der Waals surface area (Å²) < 4.78 is 28.3. The lowest BCUT2D eigenvalue weighted by Gasteiger charge is -2.13. The molecular formula is C21H20N2O4S. The van der Waals surface area contributed by atoms with E-state index in [1.165, 1.54) is 18.4 Å². The first-order valence-electron chi connectivity index (χ1n) is 8.48. The van der Waals surface area contributed by atoms with Crippen molar-refractivity contribution in [3.8, 4) is 5.75 Å². The normalized spacial score (nSPS) is 10.9. The fourth-order valence-corrected chi connectivity index (χ4v) is 3.21. The number of carbonyl (C=O) groups excluding carboxylic acids is 1. The van der Waals surface area contributed by atoms with Crippen LogP contribution in [-0.2, 0) is 9.84 Å². The van der Waals surface area contributed by atoms with Gasteiger partial charge < -0.3 is 15.4 Å². The van der Waals surface area contributed by atoms with Gasteiger partial charge in [0, 0.05) is 17.5 Å². The van der Waals surface area contributed by atoms with Crippen LogP contribution in [0, 0.1) is 0 Å². The Hall–Kier alpha value is -3.32. The number of methoxy groups -OCH3 is 1. The summed E-state index contributed by atoms with van der Waals surface area (Å²) in [4.78, 5) is 12.8. The van der Waals surface area contributed by atoms with Crippen LogP contribution in [0.4, 0.5) is 17.1 Å². The Morgan fingerprint density at radius 3 is 2.04 bits per heavy atom. The number of nitrogens with one attached hydrogen (secondary N) is 2. The van der Waals surface area contributed by atoms with E-state index in [1.807, 2.05) is 18.2 Å². The Balaban J connectivity index is 1.78. The van der Waals surface area contributed by atoms with Gasteiger partial charge in [-0.3, -0.25) is 4.79 Å². The molecule has 28 heavy (non-hydrogen) atoms. The molecule has 7 heteroatoms. The number of anilines is 3. The number of benzene rings is 3. The lowest BCUT2D eigenvalue weighted by molar-refractivity contribution is 0.102. The van der Waals surface area contributed by atoms with Crippen molar-refractivity contribution in [1.29, 1.82) is 0 Å². The number of rotatable bonds is 6. The van der Waals surface area contributed by atoms with Gasteiger partial charge in [-0.05, 0) is 60.7 Å². The van der Waals surface area contributed by atoms with E-state index in [4.69, 9.17) is 4.74 Å². The minimum absolute atomic E-state index is 0.246. The van der Waals surface area contributed by atoms with Crippen LogP contribution in [-0.4, -0.2) is 27.7 Å². The fraction of sp³-hybridized carbons (Fsp3) is 0.0952. The highest BCUT2D eigenvalue weighted by Crippen LogP contribution is 2.26. The smallest absolute Gasteiger partial charge is 0.255 e. The maximum absolute atomic E-state index is 12.5. The molecule has 0 saturated heterocycles. The van der Waals surface area contributed by atoms with Gasteiger partial charge in [0.25, 0.3) is 5.91 Å². The molecular weight excluding hydrogens is 376 g/mol. The molecule has 2 N–H and O–H groups in total. The minimum atomic E-state index is -3.25. The fourth-order valence-electron chi connectivity index (χ4n) is 2.58. The second-order valence-corrected chi connectivity index (χ2v) is 8.17. The number of hydrogen-bond acceptors (Lipinski definition) is 5. The van der Waals surface area contributed by atoms with Gasteiger partial charge in [-0.15, -0.1) is 0 Å². The second-order valence-electron chi connectivity index (χ2n) is 6.15. The lowest BCUT2D eigenvalue weighted by Crippen LogP contribution is -2.13. The Labute approximate surface area is 164 Å². The molecule has 1 amide bonds. The molecule has 0 aliphatic rings. The molecule has 0 bridgehead atoms. The highest BCUT2D eigenvalue weighted by atomic mass is 32.2. The summed E-state index contributed by atoms with van der Waals surface area (Å²) in [6.45, 7) is 0. The predicted molar refractivity (Wildman–Crippen MR) is 110 cm³/mol. The molecule has 6 nitrogen and oxygen atoms in total. The van der Waals surface area contributed by atoms with E-state index >= 15 is 0 Å². The predicted octanol–water partition coefficient (Wildman–Crippen LogP) is 4.09. The molecule has 3 rings (SSSR count). The van der Waals surface area contributed by atoms with E-state index in [0.29, 0.717) is 28.4 Å². The van der Waals surface area contributed by atoms with Crippen molar-refractivity contribution in [2.75, 3.05) is 24.0 Å². The molecule has 0 aliphatic carbocycles. The third-order valence-corrected chi connectivity index (χ3v) is 5.22. The molecule has 0 atom stereocenters. The number of carbonyl (C=O) groups is 1. The minimum Gasteiger partial charge on any atom is -0.497 e. The van der Waals surface area contributed by atoms with Crippen LogP contribution >= 0.6 is 0 Å². The van der Waals surface area contributed by atoms with Crippen molar-refractivity contribution in [3.05, 3.63) is 78.4 Å². The summed E-state index contributed by atoms with van der Waals surface area (Å²) in [6.07, 6.45) is 1.17. The highest BCUT2D eigenvalue weighted by molar-refractivity contribution is 7.90. The van der Waals surface area contributed by atoms with Crippen molar-refractivity contribution in [3.63, 3.8) is 0 Å². The van der Waals surface area contributed by atoms with E-state index in [1.54, 1.807) is 49.6 Å². The number of amides is 1. The Morgan fingerprint density at radius 2 is 1.46 bits per heavy atom. The molecule has 3 aromatic rings. The van der Waals surface area contributed by atoms with Crippen LogP contribution in [0.5, 0.6) is 5.75 Å². The van der Waals surface area contributed by atoms with Crippen LogP contribution < -0.4 is 15.4 Å². The topological polar surface area (TPSA) is 84.5 Å². The van der Waals surface area contributed by atoms with E-state index in [9.17, 15) is 13.2 Å². The summed E-state index contributed by atoms with van der Waals surface area (Å²) in [5.74, 6) is 0.431. The van der Waals surface area contributed by atoms with Gasteiger partial charge in [-0.25, -0.2) is 8.42 Å². The molecule has 144 valence electrons. The zero-order valence-corrected chi connectivity index (χ0v) is 16.3. The molecule has 0 aromatic heterocycles. The number of para-hydroxylation sites is 2. The summed E-state index contributed by atoms with van der Waals surface area (Å²) >= 11 is 0. The zero-order valence-electron chi connectivity index (χ0n) is 15.5. The molecule has 0 unspecified atom stereocenters. The highest BCUT2D eigenvalue weighted by Gasteiger charge is 2.10. The van der Waals surface area contributed by atoms with Crippen LogP contribution in [0.25, 0.3) is 0 Å². The average molecular weight is 396 g/mol. The van der Waals surface area contributed by atoms with Crippen LogP contribution in [0.1, 0.15) is 10.4 Å². The van der Waals surface area contributed by atoms with Crippen molar-refractivity contribution < 1.29 is 17.9 Å². The van der Waals surface area contributed by atoms with Crippen LogP contribution in [0.15, 0.2) is 77.7 Å². The van der Waals surface area contributed by atoms with Gasteiger partial charge in [-0.1, -0.05) is 12.1 Å². The van der Waals surface area contributed by atoms with Gasteiger partial charge in [0.2, 0.25) is 0 Å². The molecule has 0 heterocycles. The SMILES string of the molecule is COc1ccc(C(=O)Nc2ccccc2Nc2ccc(S(C)(=O)=O)cc2)cc1. The van der Waals surface area contributed by atoms with Crippen molar-refractivity contribution in [2.24, 2.45) is 0 Å². The van der Waals surface area contributed by atoms with Crippen LogP contribution in [0.2, 0.25) is 0 Å². The zero-order chi connectivity index (χ0) is 20.1. The molecule has 3 aromatic carbocycles. The van der Waals surface area contributed by atoms with E-state index in [-0.39, 0.29) is 10.8 Å². The third kappa shape index (κ3) is 4.69. The van der Waals surface area contributed by atoms with Gasteiger partial charge in [0.1, 0.15) is 5.75 Å². The summed E-state index contributed by atoms with van der Waals surface area (Å²) in [6, 6.07) is 20.5. The molecule has 0 radical (unpaired) electrons. The number of hydrogen-bond donors (Lipinski definition) is 2. The van der Waals surface area contributed by atoms with Crippen molar-refractivity contribution in [2.45, 2.75) is 4.90 Å². The summed E-state index contributed by atoms with van der Waals surface area (Å²) in [5.41, 5.74) is 2.51. The maximum Gasteiger partial charge on any atom is 0.255 e. The van der Waals surface area contributed by atoms with Crippen molar-refractivity contribution in [1.82, 2.24) is 0 Å². The van der Waals surface area contributed by atoms with Crippen molar-refractivity contribution >= 4 is 32.8 Å². The number of ether oxygens (including phenoxy) is 1. The van der Waals surface area contributed by atoms with E-state index < -0.39 is 9.84 Å². The van der Waals surface area contributed by atoms with Gasteiger partial charge in [-0.2, -0.15) is 0 Å². The lowest BCUT2D eigenvalue weighted by atomic mass is 10.2. The Kier molecular flexibility index (Phi) is 5.65. The molecule has 0 aliphatic heterocycles. The average Bonchev–Trinajstić information content (AvgIpc) is 2.69. The Morgan fingerprint density at radius 1 is 0.857 bits per heavy atom. The summed E-state index contributed by atoms with van der Waals surface area (Å²) in [7, 11) is -1.68. The monoisotopic (exact) mass is 396 g/mol. The standard InChI is InChI=1S/C21H20N2O4S/c1-27-17-11-7-15(8-12-17)21(24)23-20-6-4-3-5-19(20)22-16-9-13-18(14-10-16)28(2,25)26/h3-14,22H,1-2H3,(H,23,24). The Bertz CT molecular complexity index is 1080. The third-order valence-electron chi connectivity index (χ3n) is 4.09. The van der Waals surface area contributed by atoms with Gasteiger partial charge in [0.05, 0.1) is 23.4 Å². The molecule has 0 saturated carbocycles. The summed E-state index contributed by atoms with van der Waals surface area (Å²) in [5, 5.41) is 6.08. The first-order valence-corrected chi connectivity index (χ1v) is 10.4. The maximum atomic E-state index is 12.5. The van der Waals surface area contributed by atoms with E-state index in [2.05, 4.69) is 10.6 Å². The second kappa shape index (κ2) is 8.14. The van der Waals surface area contributed by atoms with Crippen LogP contribution in [0.3, 0.4) is 0 Å². The quantitative estimate of drug-likeness (QED) is 0.655. The number of sulfone groups is 1. The first kappa shape index (κ1) is 19.4. The largest absolute Gasteiger partial charge is 0.497 e. The van der Waals surface area contributed by atoms with Gasteiger partial charge >= 0.3 is 0 Å². The molecule has 0 fully saturated rings. The first-order chi connectivity index (χ1) is 13.4.